The molecular formula is C19H25N3O4S. The Bertz CT molecular complexity index is 852. The zero-order chi connectivity index (χ0) is 19.9. The van der Waals surface area contributed by atoms with Crippen molar-refractivity contribution in [3.63, 3.8) is 0 Å². The van der Waals surface area contributed by atoms with Crippen molar-refractivity contribution in [1.82, 2.24) is 9.62 Å². The van der Waals surface area contributed by atoms with Crippen LogP contribution in [0.4, 0.5) is 5.69 Å². The monoisotopic (exact) mass is 391 g/mol. The zero-order valence-corrected chi connectivity index (χ0v) is 16.4. The lowest BCUT2D eigenvalue weighted by Gasteiger charge is -2.30. The summed E-state index contributed by atoms with van der Waals surface area (Å²) < 4.78 is 27.9. The van der Waals surface area contributed by atoms with E-state index in [0.29, 0.717) is 6.42 Å². The molecule has 0 aromatic heterocycles. The normalized spacial score (nSPS) is 12.9. The molecule has 0 radical (unpaired) electrons. The minimum absolute atomic E-state index is 0.0556. The number of nitro benzene ring substituents is 1. The third-order valence-corrected chi connectivity index (χ3v) is 5.97. The van der Waals surface area contributed by atoms with Crippen LogP contribution in [0.25, 0.3) is 0 Å². The number of nitrogens with zero attached hydrogens (tertiary/aromatic N) is 2. The minimum Gasteiger partial charge on any atom is -0.299 e. The van der Waals surface area contributed by atoms with E-state index < -0.39 is 20.6 Å². The summed E-state index contributed by atoms with van der Waals surface area (Å²) in [5.74, 6) is 0. The van der Waals surface area contributed by atoms with E-state index in [1.165, 1.54) is 24.3 Å². The van der Waals surface area contributed by atoms with Gasteiger partial charge in [0.1, 0.15) is 0 Å². The fourth-order valence-electron chi connectivity index (χ4n) is 3.08. The molecule has 0 saturated carbocycles. The molecule has 8 heteroatoms. The molecule has 2 aromatic carbocycles. The van der Waals surface area contributed by atoms with Crippen molar-refractivity contribution >= 4 is 15.7 Å². The van der Waals surface area contributed by atoms with E-state index in [4.69, 9.17) is 0 Å². The van der Waals surface area contributed by atoms with Gasteiger partial charge >= 0.3 is 0 Å². The second-order valence-electron chi connectivity index (χ2n) is 6.14. The standard InChI is InChI=1S/C19H25N3O4S/c1-3-21(4-2)17(14-16-10-6-5-7-11-16)15-20-27(25,26)19-13-9-8-12-18(19)22(23)24/h5-13,17,20H,3-4,14-15H2,1-2H3. The van der Waals surface area contributed by atoms with Crippen molar-refractivity contribution in [1.29, 1.82) is 0 Å². The second kappa shape index (κ2) is 9.59. The summed E-state index contributed by atoms with van der Waals surface area (Å²) in [7, 11) is -3.99. The summed E-state index contributed by atoms with van der Waals surface area (Å²) in [6, 6.07) is 15.2. The fraction of sp³-hybridized carbons (Fsp3) is 0.368. The SMILES string of the molecule is CCN(CC)C(CNS(=O)(=O)c1ccccc1[N+](=O)[O-])Cc1ccccc1. The predicted octanol–water partition coefficient (Wildman–Crippen LogP) is 2.83. The lowest BCUT2D eigenvalue weighted by atomic mass is 10.0. The van der Waals surface area contributed by atoms with Gasteiger partial charge < -0.3 is 0 Å². The fourth-order valence-corrected chi connectivity index (χ4v) is 4.32. The second-order valence-corrected chi connectivity index (χ2v) is 7.88. The van der Waals surface area contributed by atoms with Crippen molar-refractivity contribution in [2.45, 2.75) is 31.2 Å². The Morgan fingerprint density at radius 1 is 1.04 bits per heavy atom. The first-order valence-corrected chi connectivity index (χ1v) is 10.4. The topological polar surface area (TPSA) is 92.6 Å². The molecule has 0 heterocycles. The smallest absolute Gasteiger partial charge is 0.289 e. The van der Waals surface area contributed by atoms with E-state index in [-0.39, 0.29) is 17.5 Å². The van der Waals surface area contributed by atoms with Gasteiger partial charge in [0.15, 0.2) is 4.90 Å². The van der Waals surface area contributed by atoms with E-state index in [2.05, 4.69) is 9.62 Å². The van der Waals surface area contributed by atoms with Gasteiger partial charge in [-0.1, -0.05) is 56.3 Å². The molecule has 0 saturated heterocycles. The maximum Gasteiger partial charge on any atom is 0.289 e. The van der Waals surface area contributed by atoms with Gasteiger partial charge in [-0.05, 0) is 31.1 Å². The molecular weight excluding hydrogens is 366 g/mol. The van der Waals surface area contributed by atoms with Crippen molar-refractivity contribution in [2.24, 2.45) is 0 Å². The molecule has 1 N–H and O–H groups in total. The van der Waals surface area contributed by atoms with Crippen LogP contribution in [-0.2, 0) is 16.4 Å². The maximum absolute atomic E-state index is 12.7. The van der Waals surface area contributed by atoms with E-state index in [0.717, 1.165) is 18.7 Å². The van der Waals surface area contributed by atoms with E-state index >= 15 is 0 Å². The molecule has 0 amide bonds. The Hall–Kier alpha value is -2.29. The van der Waals surface area contributed by atoms with Gasteiger partial charge in [-0.3, -0.25) is 15.0 Å². The molecule has 1 atom stereocenters. The van der Waals surface area contributed by atoms with Crippen LogP contribution in [0.2, 0.25) is 0 Å². The zero-order valence-electron chi connectivity index (χ0n) is 15.5. The number of nitrogens with one attached hydrogen (secondary N) is 1. The van der Waals surface area contributed by atoms with Gasteiger partial charge in [-0.2, -0.15) is 0 Å². The molecule has 27 heavy (non-hydrogen) atoms. The van der Waals surface area contributed by atoms with Gasteiger partial charge in [-0.25, -0.2) is 13.1 Å². The molecule has 7 nitrogen and oxygen atoms in total. The van der Waals surface area contributed by atoms with Crippen LogP contribution < -0.4 is 4.72 Å². The molecule has 146 valence electrons. The lowest BCUT2D eigenvalue weighted by molar-refractivity contribution is -0.387. The summed E-state index contributed by atoms with van der Waals surface area (Å²) in [6.45, 7) is 5.78. The first-order valence-electron chi connectivity index (χ1n) is 8.90. The summed E-state index contributed by atoms with van der Waals surface area (Å²) in [6.07, 6.45) is 0.682. The average Bonchev–Trinajstić information content (AvgIpc) is 2.67. The van der Waals surface area contributed by atoms with Crippen LogP contribution in [0.1, 0.15) is 19.4 Å². The van der Waals surface area contributed by atoms with Crippen LogP contribution in [0.3, 0.4) is 0 Å². The number of likely N-dealkylation sites (N-methyl/N-ethyl adjacent to an activating group) is 1. The Labute approximate surface area is 160 Å². The highest BCUT2D eigenvalue weighted by Crippen LogP contribution is 2.22. The van der Waals surface area contributed by atoms with Crippen molar-refractivity contribution in [2.75, 3.05) is 19.6 Å². The minimum atomic E-state index is -3.99. The first-order chi connectivity index (χ1) is 12.9. The summed E-state index contributed by atoms with van der Waals surface area (Å²) in [5, 5.41) is 11.2. The average molecular weight is 391 g/mol. The number of rotatable bonds is 10. The Morgan fingerprint density at radius 3 is 2.22 bits per heavy atom. The highest BCUT2D eigenvalue weighted by Gasteiger charge is 2.26. The van der Waals surface area contributed by atoms with E-state index in [1.54, 1.807) is 0 Å². The number of hydrogen-bond acceptors (Lipinski definition) is 5. The molecule has 2 rings (SSSR count). The van der Waals surface area contributed by atoms with Crippen LogP contribution in [0.15, 0.2) is 59.5 Å². The Morgan fingerprint density at radius 2 is 1.63 bits per heavy atom. The Balaban J connectivity index is 2.21. The predicted molar refractivity (Wildman–Crippen MR) is 105 cm³/mol. The largest absolute Gasteiger partial charge is 0.299 e. The molecule has 0 aliphatic carbocycles. The van der Waals surface area contributed by atoms with Crippen LogP contribution in [-0.4, -0.2) is 43.9 Å². The van der Waals surface area contributed by atoms with Gasteiger partial charge in [0, 0.05) is 18.7 Å². The summed E-state index contributed by atoms with van der Waals surface area (Å²) in [5.41, 5.74) is 0.687. The molecule has 0 aliphatic heterocycles. The summed E-state index contributed by atoms with van der Waals surface area (Å²) >= 11 is 0. The number of sulfonamides is 1. The van der Waals surface area contributed by atoms with Gasteiger partial charge in [0.2, 0.25) is 10.0 Å². The maximum atomic E-state index is 12.7. The molecule has 0 fully saturated rings. The lowest BCUT2D eigenvalue weighted by Crippen LogP contribution is -2.45. The highest BCUT2D eigenvalue weighted by atomic mass is 32.2. The Kier molecular flexibility index (Phi) is 7.46. The number of nitro groups is 1. The van der Waals surface area contributed by atoms with Crippen molar-refractivity contribution < 1.29 is 13.3 Å². The molecule has 1 unspecified atom stereocenters. The quantitative estimate of drug-likeness (QED) is 0.497. The van der Waals surface area contributed by atoms with E-state index in [9.17, 15) is 18.5 Å². The molecule has 0 aliphatic rings. The molecule has 0 spiro atoms. The van der Waals surface area contributed by atoms with Gasteiger partial charge in [0.25, 0.3) is 5.69 Å². The molecule has 2 aromatic rings. The van der Waals surface area contributed by atoms with Crippen LogP contribution in [0, 0.1) is 10.1 Å². The number of benzene rings is 2. The molecule has 0 bridgehead atoms. The van der Waals surface area contributed by atoms with Gasteiger partial charge in [0.05, 0.1) is 4.92 Å². The van der Waals surface area contributed by atoms with Crippen molar-refractivity contribution in [3.8, 4) is 0 Å². The van der Waals surface area contributed by atoms with Crippen molar-refractivity contribution in [3.05, 3.63) is 70.3 Å². The van der Waals surface area contributed by atoms with E-state index in [1.807, 2.05) is 44.2 Å². The number of para-hydroxylation sites is 1. The third-order valence-electron chi connectivity index (χ3n) is 4.50. The van der Waals surface area contributed by atoms with Gasteiger partial charge in [-0.15, -0.1) is 0 Å². The third kappa shape index (κ3) is 5.59. The van der Waals surface area contributed by atoms with Crippen LogP contribution >= 0.6 is 0 Å². The summed E-state index contributed by atoms with van der Waals surface area (Å²) in [4.78, 5) is 12.3. The van der Waals surface area contributed by atoms with Crippen LogP contribution in [0.5, 0.6) is 0 Å². The number of hydrogen-bond donors (Lipinski definition) is 1. The highest BCUT2D eigenvalue weighted by molar-refractivity contribution is 7.89. The first kappa shape index (κ1) is 21.0.